The summed E-state index contributed by atoms with van der Waals surface area (Å²) in [5.41, 5.74) is 0.577. The lowest BCUT2D eigenvalue weighted by Crippen LogP contribution is -2.39. The maximum atomic E-state index is 12.4. The van der Waals surface area contributed by atoms with E-state index in [2.05, 4.69) is 5.32 Å². The van der Waals surface area contributed by atoms with Crippen molar-refractivity contribution in [3.63, 3.8) is 0 Å². The van der Waals surface area contributed by atoms with Crippen molar-refractivity contribution in [1.29, 1.82) is 0 Å². The van der Waals surface area contributed by atoms with Gasteiger partial charge in [0.1, 0.15) is 11.0 Å². The second kappa shape index (κ2) is 8.17. The van der Waals surface area contributed by atoms with Crippen LogP contribution in [0, 0.1) is 5.92 Å². The summed E-state index contributed by atoms with van der Waals surface area (Å²) >= 11 is 0. The van der Waals surface area contributed by atoms with E-state index < -0.39 is 21.0 Å². The van der Waals surface area contributed by atoms with E-state index in [1.807, 2.05) is 20.8 Å². The van der Waals surface area contributed by atoms with Crippen molar-refractivity contribution in [1.82, 2.24) is 5.32 Å². The Bertz CT molecular complexity index is 596. The normalized spacial score (nSPS) is 13.0. The van der Waals surface area contributed by atoms with Crippen molar-refractivity contribution in [3.8, 4) is 5.75 Å². The Balaban J connectivity index is 2.84. The summed E-state index contributed by atoms with van der Waals surface area (Å²) in [4.78, 5) is 12.0. The van der Waals surface area contributed by atoms with Gasteiger partial charge in [-0.3, -0.25) is 4.79 Å². The fourth-order valence-corrected chi connectivity index (χ4v) is 3.20. The van der Waals surface area contributed by atoms with E-state index in [1.165, 1.54) is 6.92 Å². The average Bonchev–Trinajstić information content (AvgIpc) is 2.46. The molecule has 1 amide bonds. The van der Waals surface area contributed by atoms with Crippen LogP contribution in [0.25, 0.3) is 0 Å². The summed E-state index contributed by atoms with van der Waals surface area (Å²) in [6, 6.07) is 7.00. The number of sulfone groups is 1. The molecule has 0 bridgehead atoms. The molecule has 5 nitrogen and oxygen atoms in total. The Kier molecular flexibility index (Phi) is 6.87. The summed E-state index contributed by atoms with van der Waals surface area (Å²) in [6.07, 6.45) is 0. The van der Waals surface area contributed by atoms with Crippen molar-refractivity contribution in [2.24, 2.45) is 5.92 Å². The summed E-state index contributed by atoms with van der Waals surface area (Å²) in [7, 11) is -3.59. The average molecular weight is 327 g/mol. The molecule has 0 radical (unpaired) electrons. The molecule has 0 saturated carbocycles. The Hall–Kier alpha value is -1.56. The molecule has 0 fully saturated rings. The molecule has 0 spiro atoms. The van der Waals surface area contributed by atoms with Crippen LogP contribution in [-0.4, -0.2) is 32.7 Å². The minimum Gasteiger partial charge on any atom is -0.494 e. The van der Waals surface area contributed by atoms with E-state index in [-0.39, 0.29) is 11.7 Å². The zero-order valence-electron chi connectivity index (χ0n) is 13.6. The predicted molar refractivity (Wildman–Crippen MR) is 87.5 cm³/mol. The third-order valence-electron chi connectivity index (χ3n) is 3.22. The molecule has 0 aromatic heterocycles. The molecule has 124 valence electrons. The molecule has 0 heterocycles. The number of hydrogen-bond acceptors (Lipinski definition) is 4. The van der Waals surface area contributed by atoms with Crippen molar-refractivity contribution >= 4 is 15.7 Å². The molecule has 1 aromatic carbocycles. The lowest BCUT2D eigenvalue weighted by Gasteiger charge is -2.16. The first-order valence-corrected chi connectivity index (χ1v) is 9.19. The number of carbonyl (C=O) groups is 1. The highest BCUT2D eigenvalue weighted by Crippen LogP contribution is 2.22. The quantitative estimate of drug-likeness (QED) is 0.794. The van der Waals surface area contributed by atoms with Crippen molar-refractivity contribution in [2.75, 3.05) is 13.2 Å². The largest absolute Gasteiger partial charge is 0.494 e. The summed E-state index contributed by atoms with van der Waals surface area (Å²) < 4.78 is 30.3. The number of amides is 1. The van der Waals surface area contributed by atoms with Gasteiger partial charge in [0.15, 0.2) is 9.84 Å². The molecule has 1 rings (SSSR count). The van der Waals surface area contributed by atoms with Crippen LogP contribution in [0.2, 0.25) is 0 Å². The van der Waals surface area contributed by atoms with Crippen LogP contribution in [0.3, 0.4) is 0 Å². The SMILES string of the molecule is CCOc1ccccc1CS(=O)(=O)C(C)C(=O)NCC(C)C. The highest BCUT2D eigenvalue weighted by atomic mass is 32.2. The van der Waals surface area contributed by atoms with E-state index in [9.17, 15) is 13.2 Å². The first-order chi connectivity index (χ1) is 10.3. The molecule has 1 aromatic rings. The third-order valence-corrected chi connectivity index (χ3v) is 5.23. The first kappa shape index (κ1) is 18.5. The molecule has 1 unspecified atom stereocenters. The van der Waals surface area contributed by atoms with Gasteiger partial charge in [0, 0.05) is 12.1 Å². The number of hydrogen-bond donors (Lipinski definition) is 1. The molecular weight excluding hydrogens is 302 g/mol. The van der Waals surface area contributed by atoms with Gasteiger partial charge in [-0.05, 0) is 25.8 Å². The van der Waals surface area contributed by atoms with Gasteiger partial charge in [-0.1, -0.05) is 32.0 Å². The zero-order valence-corrected chi connectivity index (χ0v) is 14.4. The van der Waals surface area contributed by atoms with Crippen LogP contribution < -0.4 is 10.1 Å². The minimum atomic E-state index is -3.59. The highest BCUT2D eigenvalue weighted by Gasteiger charge is 2.29. The second-order valence-corrected chi connectivity index (χ2v) is 7.95. The topological polar surface area (TPSA) is 72.5 Å². The van der Waals surface area contributed by atoms with E-state index in [0.717, 1.165) is 0 Å². The van der Waals surface area contributed by atoms with Gasteiger partial charge in [0.05, 0.1) is 12.4 Å². The fourth-order valence-electron chi connectivity index (χ4n) is 1.87. The van der Waals surface area contributed by atoms with Gasteiger partial charge in [-0.15, -0.1) is 0 Å². The number of benzene rings is 1. The molecule has 0 aliphatic carbocycles. The van der Waals surface area contributed by atoms with Gasteiger partial charge in [-0.2, -0.15) is 0 Å². The maximum absolute atomic E-state index is 12.4. The number of nitrogens with one attached hydrogen (secondary N) is 1. The van der Waals surface area contributed by atoms with Gasteiger partial charge in [-0.25, -0.2) is 8.42 Å². The van der Waals surface area contributed by atoms with Gasteiger partial charge in [0.25, 0.3) is 0 Å². The highest BCUT2D eigenvalue weighted by molar-refractivity contribution is 7.92. The smallest absolute Gasteiger partial charge is 0.238 e. The molecule has 22 heavy (non-hydrogen) atoms. The number of rotatable bonds is 8. The van der Waals surface area contributed by atoms with Crippen LogP contribution >= 0.6 is 0 Å². The molecular formula is C16H25NO4S. The van der Waals surface area contributed by atoms with E-state index >= 15 is 0 Å². The minimum absolute atomic E-state index is 0.209. The van der Waals surface area contributed by atoms with Crippen molar-refractivity contribution in [2.45, 2.75) is 38.7 Å². The first-order valence-electron chi connectivity index (χ1n) is 7.48. The number of carbonyl (C=O) groups excluding carboxylic acids is 1. The van der Waals surface area contributed by atoms with Crippen molar-refractivity contribution < 1.29 is 17.9 Å². The van der Waals surface area contributed by atoms with E-state index in [0.29, 0.717) is 24.5 Å². The van der Waals surface area contributed by atoms with Gasteiger partial charge >= 0.3 is 0 Å². The maximum Gasteiger partial charge on any atom is 0.238 e. The lowest BCUT2D eigenvalue weighted by atomic mass is 10.2. The molecule has 1 atom stereocenters. The lowest BCUT2D eigenvalue weighted by molar-refractivity contribution is -0.120. The standard InChI is InChI=1S/C16H25NO4S/c1-5-21-15-9-7-6-8-14(15)11-22(19,20)13(4)16(18)17-10-12(2)3/h6-9,12-13H,5,10-11H2,1-4H3,(H,17,18). The summed E-state index contributed by atoms with van der Waals surface area (Å²) in [5.74, 6) is 0.155. The Morgan fingerprint density at radius 2 is 1.86 bits per heavy atom. The number of para-hydroxylation sites is 1. The Labute approximate surface area is 133 Å². The van der Waals surface area contributed by atoms with Gasteiger partial charge < -0.3 is 10.1 Å². The molecule has 0 aliphatic rings. The summed E-state index contributed by atoms with van der Waals surface area (Å²) in [6.45, 7) is 8.10. The summed E-state index contributed by atoms with van der Waals surface area (Å²) in [5, 5.41) is 1.58. The van der Waals surface area contributed by atoms with Crippen LogP contribution in [0.5, 0.6) is 5.75 Å². The van der Waals surface area contributed by atoms with E-state index in [4.69, 9.17) is 4.74 Å². The Morgan fingerprint density at radius 1 is 1.23 bits per heavy atom. The monoisotopic (exact) mass is 327 g/mol. The third kappa shape index (κ3) is 5.33. The van der Waals surface area contributed by atoms with Crippen molar-refractivity contribution in [3.05, 3.63) is 29.8 Å². The molecule has 6 heteroatoms. The predicted octanol–water partition coefficient (Wildman–Crippen LogP) is 2.16. The molecule has 0 saturated heterocycles. The number of ether oxygens (including phenoxy) is 1. The second-order valence-electron chi connectivity index (χ2n) is 5.63. The van der Waals surface area contributed by atoms with Crippen LogP contribution in [0.1, 0.15) is 33.3 Å². The Morgan fingerprint density at radius 3 is 2.45 bits per heavy atom. The van der Waals surface area contributed by atoms with E-state index in [1.54, 1.807) is 24.3 Å². The molecule has 1 N–H and O–H groups in total. The zero-order chi connectivity index (χ0) is 16.8. The van der Waals surface area contributed by atoms with Crippen LogP contribution in [0.15, 0.2) is 24.3 Å². The van der Waals surface area contributed by atoms with Crippen LogP contribution in [0.4, 0.5) is 0 Å². The fraction of sp³-hybridized carbons (Fsp3) is 0.562. The van der Waals surface area contributed by atoms with Gasteiger partial charge in [0.2, 0.25) is 5.91 Å². The van der Waals surface area contributed by atoms with Crippen LogP contribution in [-0.2, 0) is 20.4 Å². The molecule has 0 aliphatic heterocycles.